The normalized spacial score (nSPS) is 18.8. The van der Waals surface area contributed by atoms with Crippen LogP contribution in [0.15, 0.2) is 0 Å². The molecule has 1 fully saturated rings. The van der Waals surface area contributed by atoms with Crippen LogP contribution in [0.2, 0.25) is 0 Å². The van der Waals surface area contributed by atoms with Gasteiger partial charge in [0, 0.05) is 25.9 Å². The average molecular weight is 359 g/mol. The third-order valence-corrected chi connectivity index (χ3v) is 3.46. The van der Waals surface area contributed by atoms with Crippen molar-refractivity contribution in [2.24, 2.45) is 5.92 Å². The first-order chi connectivity index (χ1) is 10.2. The minimum Gasteiger partial charge on any atom is -0.445 e. The van der Waals surface area contributed by atoms with Crippen molar-refractivity contribution in [3.8, 4) is 0 Å². The zero-order valence-corrected chi connectivity index (χ0v) is 13.3. The largest absolute Gasteiger partial charge is 0.558 e. The predicted octanol–water partition coefficient (Wildman–Crippen LogP) is 4.43. The second kappa shape index (κ2) is 8.00. The van der Waals surface area contributed by atoms with Crippen LogP contribution >= 0.6 is 0 Å². The summed E-state index contributed by atoms with van der Waals surface area (Å²) in [5.41, 5.74) is 0. The molecule has 0 bridgehead atoms. The van der Waals surface area contributed by atoms with Crippen molar-refractivity contribution in [2.45, 2.75) is 38.7 Å². The number of ether oxygens (including phenoxy) is 1. The number of likely N-dealkylation sites (tertiary alicyclic amines) is 1. The van der Waals surface area contributed by atoms with Gasteiger partial charge in [-0.05, 0) is 0 Å². The number of hydrogen-bond donors (Lipinski definition) is 0. The Labute approximate surface area is 130 Å². The maximum Gasteiger partial charge on any atom is 0.558 e. The third-order valence-electron chi connectivity index (χ3n) is 3.46. The van der Waals surface area contributed by atoms with Gasteiger partial charge in [0.15, 0.2) is 6.73 Å². The highest BCUT2D eigenvalue weighted by atomic mass is 19.4. The van der Waals surface area contributed by atoms with Crippen LogP contribution in [-0.2, 0) is 4.74 Å². The van der Waals surface area contributed by atoms with Gasteiger partial charge in [0.2, 0.25) is 0 Å². The van der Waals surface area contributed by atoms with Crippen molar-refractivity contribution in [1.82, 2.24) is 0 Å². The Morgan fingerprint density at radius 3 is 1.65 bits per heavy atom. The first-order valence-electron chi connectivity index (χ1n) is 7.16. The summed E-state index contributed by atoms with van der Waals surface area (Å²) < 4.78 is 94.3. The minimum atomic E-state index is -7.21. The van der Waals surface area contributed by atoms with E-state index in [4.69, 9.17) is 4.74 Å². The maximum atomic E-state index is 11.2. The lowest BCUT2D eigenvalue weighted by Gasteiger charge is -2.34. The highest BCUT2D eigenvalue weighted by Gasteiger charge is 2.69. The van der Waals surface area contributed by atoms with Gasteiger partial charge < -0.3 is 22.2 Å². The van der Waals surface area contributed by atoms with Crippen LogP contribution in [0, 0.1) is 5.92 Å². The lowest BCUT2D eigenvalue weighted by molar-refractivity contribution is -0.937. The number of halogens is 8. The molecule has 0 aromatic carbocycles. The fourth-order valence-corrected chi connectivity index (χ4v) is 2.60. The van der Waals surface area contributed by atoms with E-state index in [9.17, 15) is 34.9 Å². The Hall–Kier alpha value is -0.575. The van der Waals surface area contributed by atoms with E-state index in [-0.39, 0.29) is 0 Å². The van der Waals surface area contributed by atoms with E-state index in [2.05, 4.69) is 13.8 Å². The number of rotatable bonds is 5. The molecule has 0 N–H and O–H groups in total. The zero-order valence-electron chi connectivity index (χ0n) is 13.3. The van der Waals surface area contributed by atoms with Gasteiger partial charge >= 0.3 is 19.0 Å². The summed E-state index contributed by atoms with van der Waals surface area (Å²) >= 11 is 0. The molecule has 0 aliphatic carbocycles. The van der Waals surface area contributed by atoms with Crippen LogP contribution in [0.5, 0.6) is 0 Å². The van der Waals surface area contributed by atoms with E-state index in [0.717, 1.165) is 12.6 Å². The monoisotopic (exact) mass is 359 g/mol. The van der Waals surface area contributed by atoms with Gasteiger partial charge in [-0.1, -0.05) is 13.8 Å². The molecule has 11 heteroatoms. The molecule has 140 valence electrons. The number of quaternary nitrogens is 1. The minimum absolute atomic E-state index is 0.790. The van der Waals surface area contributed by atoms with Crippen molar-refractivity contribution in [3.05, 3.63) is 0 Å². The molecule has 0 saturated carbocycles. The van der Waals surface area contributed by atoms with E-state index in [1.54, 1.807) is 0 Å². The zero-order chi connectivity index (χ0) is 18.5. The summed E-state index contributed by atoms with van der Waals surface area (Å²) in [6.07, 6.45) is -3.78. The topological polar surface area (TPSA) is 9.23 Å². The first kappa shape index (κ1) is 22.4. The molecule has 1 heterocycles. The van der Waals surface area contributed by atoms with Crippen LogP contribution in [0.4, 0.5) is 34.9 Å². The third kappa shape index (κ3) is 6.44. The second-order valence-corrected chi connectivity index (χ2v) is 6.19. The van der Waals surface area contributed by atoms with E-state index >= 15 is 0 Å². The number of hydrogen-bond acceptors (Lipinski definition) is 1. The molecule has 0 amide bonds. The van der Waals surface area contributed by atoms with Crippen LogP contribution in [0.25, 0.3) is 0 Å². The quantitative estimate of drug-likeness (QED) is 0.401. The molecule has 23 heavy (non-hydrogen) atoms. The van der Waals surface area contributed by atoms with Crippen molar-refractivity contribution in [3.63, 3.8) is 0 Å². The fourth-order valence-electron chi connectivity index (χ4n) is 2.60. The molecule has 1 aliphatic heterocycles. The number of nitrogens with zero attached hydrogens (tertiary/aromatic N) is 1. The molecule has 1 rings (SSSR count). The summed E-state index contributed by atoms with van der Waals surface area (Å²) in [6, 6.07) is 0. The van der Waals surface area contributed by atoms with Gasteiger partial charge in [0.1, 0.15) is 0 Å². The highest BCUT2D eigenvalue weighted by Crippen LogP contribution is 2.44. The van der Waals surface area contributed by atoms with E-state index in [1.165, 1.54) is 37.0 Å². The van der Waals surface area contributed by atoms with Crippen molar-refractivity contribution in [2.75, 3.05) is 33.5 Å². The van der Waals surface area contributed by atoms with Crippen LogP contribution in [0.3, 0.4) is 0 Å². The Morgan fingerprint density at radius 2 is 1.43 bits per heavy atom. The molecule has 1 aliphatic rings. The van der Waals surface area contributed by atoms with Gasteiger partial charge in [-0.15, -0.1) is 0 Å². The van der Waals surface area contributed by atoms with Gasteiger partial charge in [-0.25, -0.2) is 8.78 Å². The summed E-state index contributed by atoms with van der Waals surface area (Å²) in [4.78, 5) is 0. The summed E-state index contributed by atoms with van der Waals surface area (Å²) in [7, 11) is 1.82. The molecular weight excluding hydrogens is 337 g/mol. The van der Waals surface area contributed by atoms with Crippen molar-refractivity contribution in [1.29, 1.82) is 0 Å². The van der Waals surface area contributed by atoms with Crippen molar-refractivity contribution >= 4 is 6.98 Å². The molecule has 1 saturated heterocycles. The van der Waals surface area contributed by atoms with E-state index in [1.807, 2.05) is 7.11 Å². The Bertz CT molecular complexity index is 334. The molecule has 0 aromatic heterocycles. The molecule has 0 aromatic rings. The summed E-state index contributed by atoms with van der Waals surface area (Å²) in [5, 5.41) is 0. The Kier molecular flexibility index (Phi) is 7.80. The lowest BCUT2D eigenvalue weighted by atomic mass is 9.80. The van der Waals surface area contributed by atoms with Crippen LogP contribution in [-0.4, -0.2) is 56.9 Å². The molecular formula is C12H22BF8NO. The average Bonchev–Trinajstić information content (AvgIpc) is 2.74. The van der Waals surface area contributed by atoms with Crippen LogP contribution < -0.4 is 0 Å². The lowest BCUT2D eigenvalue weighted by Crippen LogP contribution is -2.53. The fraction of sp³-hybridized carbons (Fsp3) is 1.00. The Morgan fingerprint density at radius 1 is 1.00 bits per heavy atom. The molecule has 0 atom stereocenters. The summed E-state index contributed by atoms with van der Waals surface area (Å²) in [5.74, 6) is -5.77. The smallest absolute Gasteiger partial charge is 0.445 e. The SMILES string of the molecule is COC[N+]1(CC(C)C)CCCC1.F[B-](F)(F)C(F)(F)C(F)(F)F. The summed E-state index contributed by atoms with van der Waals surface area (Å²) in [6.45, 7) is 2.24. The van der Waals surface area contributed by atoms with Crippen LogP contribution in [0.1, 0.15) is 26.7 Å². The standard InChI is InChI=1S/C10H22NO.C2BF8/c1-10(2)8-11(9-12-3)6-4-5-7-11;4-1(5,2(6,7)8)3(9,10)11/h10H,4-9H2,1-3H3;/q+1;-1. The van der Waals surface area contributed by atoms with Gasteiger partial charge in [0.05, 0.1) is 19.6 Å². The molecule has 0 radical (unpaired) electrons. The van der Waals surface area contributed by atoms with Gasteiger partial charge in [0.25, 0.3) is 0 Å². The molecule has 0 unspecified atom stereocenters. The maximum absolute atomic E-state index is 11.2. The van der Waals surface area contributed by atoms with Gasteiger partial charge in [-0.3, -0.25) is 0 Å². The Balaban J connectivity index is 0.000000423. The molecule has 0 spiro atoms. The van der Waals surface area contributed by atoms with E-state index in [0.29, 0.717) is 0 Å². The second-order valence-electron chi connectivity index (χ2n) is 6.19. The highest BCUT2D eigenvalue weighted by molar-refractivity contribution is 6.61. The van der Waals surface area contributed by atoms with Crippen molar-refractivity contribution < 1.29 is 44.1 Å². The molecule has 2 nitrogen and oxygen atoms in total. The number of alkyl halides is 5. The van der Waals surface area contributed by atoms with E-state index < -0.39 is 19.0 Å². The first-order valence-corrected chi connectivity index (χ1v) is 7.16. The van der Waals surface area contributed by atoms with Gasteiger partial charge in [-0.2, -0.15) is 13.2 Å². The number of methoxy groups -OCH3 is 1. The predicted molar refractivity (Wildman–Crippen MR) is 70.9 cm³/mol.